The number of hydrogen-bond acceptors (Lipinski definition) is 4. The van der Waals surface area contributed by atoms with Gasteiger partial charge >= 0.3 is 0 Å². The molecular weight excluding hydrogens is 393 g/mol. The van der Waals surface area contributed by atoms with E-state index < -0.39 is 0 Å². The lowest BCUT2D eigenvalue weighted by Gasteiger charge is -2.10. The van der Waals surface area contributed by atoms with Crippen molar-refractivity contribution in [2.24, 2.45) is 0 Å². The lowest BCUT2D eigenvalue weighted by molar-refractivity contribution is 0.846. The summed E-state index contributed by atoms with van der Waals surface area (Å²) in [4.78, 5) is 10.6. The first-order valence-corrected chi connectivity index (χ1v) is 9.13. The van der Waals surface area contributed by atoms with Crippen LogP contribution in [0.1, 0.15) is 30.4 Å². The van der Waals surface area contributed by atoms with Crippen molar-refractivity contribution in [1.29, 1.82) is 0 Å². The molecule has 0 aliphatic rings. The van der Waals surface area contributed by atoms with E-state index in [1.165, 1.54) is 10.5 Å². The molecule has 0 fully saturated rings. The number of thioether (sulfide) groups is 1. The Morgan fingerprint density at radius 3 is 2.52 bits per heavy atom. The van der Waals surface area contributed by atoms with Crippen LogP contribution in [0.15, 0.2) is 29.2 Å². The van der Waals surface area contributed by atoms with E-state index in [-0.39, 0.29) is 0 Å². The van der Waals surface area contributed by atoms with Crippen LogP contribution in [0.2, 0.25) is 0 Å². The molecule has 0 aliphatic carbocycles. The lowest BCUT2D eigenvalue weighted by Crippen LogP contribution is -2.07. The van der Waals surface area contributed by atoms with E-state index in [1.807, 2.05) is 7.05 Å². The Labute approximate surface area is 144 Å². The van der Waals surface area contributed by atoms with E-state index in [1.54, 1.807) is 11.8 Å². The van der Waals surface area contributed by atoms with Crippen LogP contribution in [0, 0.1) is 10.5 Å². The summed E-state index contributed by atoms with van der Waals surface area (Å²) >= 11 is 4.11. The van der Waals surface area contributed by atoms with Crippen molar-refractivity contribution < 1.29 is 0 Å². The van der Waals surface area contributed by atoms with E-state index in [9.17, 15) is 0 Å². The van der Waals surface area contributed by atoms with Gasteiger partial charge in [-0.2, -0.15) is 0 Å². The molecule has 0 atom stereocenters. The van der Waals surface area contributed by atoms with Crippen molar-refractivity contribution in [3.05, 3.63) is 44.9 Å². The van der Waals surface area contributed by atoms with E-state index in [0.29, 0.717) is 0 Å². The van der Waals surface area contributed by atoms with Gasteiger partial charge in [0, 0.05) is 11.9 Å². The van der Waals surface area contributed by atoms with Crippen molar-refractivity contribution in [3.8, 4) is 0 Å². The molecular formula is C16H20IN3S. The average molecular weight is 413 g/mol. The number of nitrogens with zero attached hydrogens (tertiary/aromatic N) is 2. The molecule has 0 aliphatic heterocycles. The van der Waals surface area contributed by atoms with Crippen LogP contribution in [-0.2, 0) is 12.2 Å². The third-order valence-electron chi connectivity index (χ3n) is 3.08. The Kier molecular flexibility index (Phi) is 6.29. The minimum Gasteiger partial charge on any atom is -0.372 e. The van der Waals surface area contributed by atoms with Gasteiger partial charge in [-0.3, -0.25) is 0 Å². The summed E-state index contributed by atoms with van der Waals surface area (Å²) < 4.78 is 1.14. The molecule has 5 heteroatoms. The molecule has 1 N–H and O–H groups in total. The molecule has 2 rings (SSSR count). The third-order valence-corrected chi connectivity index (χ3v) is 5.22. The number of rotatable bonds is 6. The molecule has 0 unspecified atom stereocenters. The molecule has 1 aromatic heterocycles. The highest BCUT2D eigenvalue weighted by Crippen LogP contribution is 2.25. The summed E-state index contributed by atoms with van der Waals surface area (Å²) in [7, 11) is 1.91. The average Bonchev–Trinajstić information content (AvgIpc) is 2.49. The van der Waals surface area contributed by atoms with Crippen molar-refractivity contribution in [2.75, 3.05) is 12.4 Å². The van der Waals surface area contributed by atoms with Gasteiger partial charge in [0.15, 0.2) is 0 Å². The van der Waals surface area contributed by atoms with E-state index in [2.05, 4.69) is 71.0 Å². The zero-order valence-corrected chi connectivity index (χ0v) is 15.6. The second kappa shape index (κ2) is 7.98. The largest absolute Gasteiger partial charge is 0.372 e. The molecule has 0 saturated heterocycles. The van der Waals surface area contributed by atoms with Crippen LogP contribution in [0.25, 0.3) is 0 Å². The molecule has 0 radical (unpaired) electrons. The second-order valence-electron chi connectivity index (χ2n) is 4.85. The van der Waals surface area contributed by atoms with Gasteiger partial charge in [-0.25, -0.2) is 9.97 Å². The summed E-state index contributed by atoms with van der Waals surface area (Å²) in [5.41, 5.74) is 2.43. The zero-order valence-electron chi connectivity index (χ0n) is 12.6. The number of anilines is 1. The first-order chi connectivity index (χ1) is 10.1. The Morgan fingerprint density at radius 2 is 1.90 bits per heavy atom. The number of hydrogen-bond donors (Lipinski definition) is 1. The van der Waals surface area contributed by atoms with Crippen LogP contribution in [0.4, 0.5) is 5.82 Å². The molecule has 1 heterocycles. The third kappa shape index (κ3) is 4.57. The predicted octanol–water partition coefficient (Wildman–Crippen LogP) is 4.68. The van der Waals surface area contributed by atoms with E-state index in [4.69, 9.17) is 4.98 Å². The van der Waals surface area contributed by atoms with Crippen LogP contribution in [0.5, 0.6) is 0 Å². The van der Waals surface area contributed by atoms with Crippen LogP contribution < -0.4 is 5.32 Å². The maximum absolute atomic E-state index is 4.72. The summed E-state index contributed by atoms with van der Waals surface area (Å²) in [5.74, 6) is 2.63. The quantitative estimate of drug-likeness (QED) is 0.552. The maximum atomic E-state index is 4.72. The van der Waals surface area contributed by atoms with Crippen LogP contribution in [0.3, 0.4) is 0 Å². The number of aryl methyl sites for hydroxylation is 2. The molecule has 0 saturated carbocycles. The molecule has 3 nitrogen and oxygen atoms in total. The normalized spacial score (nSPS) is 10.7. The van der Waals surface area contributed by atoms with Crippen molar-refractivity contribution >= 4 is 40.2 Å². The van der Waals surface area contributed by atoms with Gasteiger partial charge in [-0.15, -0.1) is 11.8 Å². The lowest BCUT2D eigenvalue weighted by atomic mass is 10.2. The van der Waals surface area contributed by atoms with Crippen molar-refractivity contribution in [1.82, 2.24) is 9.97 Å². The van der Waals surface area contributed by atoms with Gasteiger partial charge in [-0.05, 0) is 48.1 Å². The van der Waals surface area contributed by atoms with Gasteiger partial charge in [-0.1, -0.05) is 31.0 Å². The minimum atomic E-state index is 0.797. The monoisotopic (exact) mass is 413 g/mol. The first-order valence-electron chi connectivity index (χ1n) is 7.06. The Balaban J connectivity index is 2.15. The van der Waals surface area contributed by atoms with Crippen LogP contribution in [-0.4, -0.2) is 17.0 Å². The second-order valence-corrected chi connectivity index (χ2v) is 6.98. The predicted molar refractivity (Wildman–Crippen MR) is 99.0 cm³/mol. The summed E-state index contributed by atoms with van der Waals surface area (Å²) in [6.45, 7) is 4.28. The molecule has 2 aromatic rings. The first kappa shape index (κ1) is 16.5. The molecule has 0 amide bonds. The fourth-order valence-electron chi connectivity index (χ4n) is 1.96. The highest BCUT2D eigenvalue weighted by Gasteiger charge is 2.11. The number of benzene rings is 1. The number of nitrogens with one attached hydrogen (secondary N) is 1. The highest BCUT2D eigenvalue weighted by atomic mass is 127. The standard InChI is InChI=1S/C16H20IN3S/c1-4-5-13-15(17)16(18-3)20-14(19-13)10-21-12-8-6-11(2)7-9-12/h6-9H,4-5,10H2,1-3H3,(H,18,19,20). The van der Waals surface area contributed by atoms with E-state index in [0.717, 1.165) is 39.5 Å². The summed E-state index contributed by atoms with van der Waals surface area (Å²) in [5, 5.41) is 3.17. The molecule has 0 spiro atoms. The summed E-state index contributed by atoms with van der Waals surface area (Å²) in [6.07, 6.45) is 2.10. The zero-order chi connectivity index (χ0) is 15.2. The van der Waals surface area contributed by atoms with E-state index >= 15 is 0 Å². The molecule has 0 bridgehead atoms. The maximum Gasteiger partial charge on any atom is 0.143 e. The van der Waals surface area contributed by atoms with Gasteiger partial charge in [0.25, 0.3) is 0 Å². The number of aromatic nitrogens is 2. The molecule has 112 valence electrons. The minimum absolute atomic E-state index is 0.797. The van der Waals surface area contributed by atoms with Crippen molar-refractivity contribution in [3.63, 3.8) is 0 Å². The molecule has 21 heavy (non-hydrogen) atoms. The topological polar surface area (TPSA) is 37.8 Å². The van der Waals surface area contributed by atoms with Crippen molar-refractivity contribution in [2.45, 2.75) is 37.3 Å². The molecule has 1 aromatic carbocycles. The fraction of sp³-hybridized carbons (Fsp3) is 0.375. The smallest absolute Gasteiger partial charge is 0.143 e. The van der Waals surface area contributed by atoms with Crippen LogP contribution >= 0.6 is 34.4 Å². The Morgan fingerprint density at radius 1 is 1.19 bits per heavy atom. The van der Waals surface area contributed by atoms with Gasteiger partial charge < -0.3 is 5.32 Å². The fourth-order valence-corrected chi connectivity index (χ4v) is 3.49. The summed E-state index contributed by atoms with van der Waals surface area (Å²) in [6, 6.07) is 8.58. The Hall–Kier alpha value is -0.820. The van der Waals surface area contributed by atoms with Gasteiger partial charge in [0.1, 0.15) is 11.6 Å². The van der Waals surface area contributed by atoms with Gasteiger partial charge in [0.05, 0.1) is 15.0 Å². The SMILES string of the molecule is CCCc1nc(CSc2ccc(C)cc2)nc(NC)c1I. The highest BCUT2D eigenvalue weighted by molar-refractivity contribution is 14.1. The van der Waals surface area contributed by atoms with Gasteiger partial charge in [0.2, 0.25) is 0 Å². The number of halogens is 1. The Bertz CT molecular complexity index is 599.